The molecule has 2 saturated heterocycles. The molecule has 4 heteroatoms. The van der Waals surface area contributed by atoms with Gasteiger partial charge in [0.05, 0.1) is 12.8 Å². The Balaban J connectivity index is 1.88. The van der Waals surface area contributed by atoms with Crippen molar-refractivity contribution in [3.63, 3.8) is 0 Å². The van der Waals surface area contributed by atoms with Gasteiger partial charge in [0.1, 0.15) is 11.6 Å². The lowest BCUT2D eigenvalue weighted by atomic mass is 9.81. The zero-order valence-corrected chi connectivity index (χ0v) is 12.9. The quantitative estimate of drug-likeness (QED) is 0.921. The minimum Gasteiger partial charge on any atom is -0.494 e. The van der Waals surface area contributed by atoms with E-state index in [2.05, 4.69) is 17.1 Å². The van der Waals surface area contributed by atoms with Crippen molar-refractivity contribution in [3.8, 4) is 5.75 Å². The first-order chi connectivity index (χ1) is 10.2. The van der Waals surface area contributed by atoms with Gasteiger partial charge in [0, 0.05) is 24.2 Å². The van der Waals surface area contributed by atoms with Gasteiger partial charge in [-0.15, -0.1) is 0 Å². The molecule has 1 aromatic carbocycles. The van der Waals surface area contributed by atoms with E-state index in [-0.39, 0.29) is 5.82 Å². The van der Waals surface area contributed by atoms with Crippen LogP contribution < -0.4 is 15.0 Å². The van der Waals surface area contributed by atoms with Gasteiger partial charge in [0.25, 0.3) is 0 Å². The number of hydrogen-bond donors (Lipinski definition) is 1. The molecule has 2 bridgehead atoms. The normalized spacial score (nSPS) is 28.5. The summed E-state index contributed by atoms with van der Waals surface area (Å²) in [6.07, 6.45) is 6.09. The van der Waals surface area contributed by atoms with E-state index in [4.69, 9.17) is 4.74 Å². The van der Waals surface area contributed by atoms with E-state index >= 15 is 0 Å². The smallest absolute Gasteiger partial charge is 0.145 e. The van der Waals surface area contributed by atoms with Crippen molar-refractivity contribution in [1.29, 1.82) is 0 Å². The van der Waals surface area contributed by atoms with Crippen molar-refractivity contribution in [2.24, 2.45) is 0 Å². The number of fused-ring (bicyclic) bond motifs is 2. The summed E-state index contributed by atoms with van der Waals surface area (Å²) >= 11 is 0. The molecule has 2 fully saturated rings. The average molecular weight is 292 g/mol. The molecule has 0 aliphatic carbocycles. The fraction of sp³-hybridized carbons (Fsp3) is 0.647. The monoisotopic (exact) mass is 292 g/mol. The molecule has 1 aromatic rings. The molecule has 0 aromatic heterocycles. The van der Waals surface area contributed by atoms with E-state index in [1.165, 1.54) is 38.2 Å². The van der Waals surface area contributed by atoms with Gasteiger partial charge < -0.3 is 15.0 Å². The van der Waals surface area contributed by atoms with E-state index in [1.54, 1.807) is 13.2 Å². The Morgan fingerprint density at radius 1 is 1.29 bits per heavy atom. The van der Waals surface area contributed by atoms with Crippen LogP contribution >= 0.6 is 0 Å². The largest absolute Gasteiger partial charge is 0.494 e. The van der Waals surface area contributed by atoms with Crippen LogP contribution in [-0.2, 0) is 0 Å². The molecule has 2 aliphatic heterocycles. The number of nitrogens with zero attached hydrogens (tertiary/aromatic N) is 1. The number of hydrogen-bond acceptors (Lipinski definition) is 3. The molecular formula is C17H25FN2O. The Hall–Kier alpha value is -1.29. The van der Waals surface area contributed by atoms with Crippen LogP contribution in [0.3, 0.4) is 0 Å². The second-order valence-corrected chi connectivity index (χ2v) is 6.19. The molecular weight excluding hydrogens is 267 g/mol. The third kappa shape index (κ3) is 2.86. The van der Waals surface area contributed by atoms with Crippen LogP contribution in [0.2, 0.25) is 0 Å². The minimum atomic E-state index is -0.233. The van der Waals surface area contributed by atoms with Crippen LogP contribution in [-0.4, -0.2) is 31.8 Å². The summed E-state index contributed by atoms with van der Waals surface area (Å²) in [6, 6.07) is 6.63. The third-order valence-corrected chi connectivity index (χ3v) is 4.89. The fourth-order valence-corrected chi connectivity index (χ4v) is 4.09. The third-order valence-electron chi connectivity index (χ3n) is 4.89. The lowest BCUT2D eigenvalue weighted by molar-refractivity contribution is 0.245. The number of rotatable bonds is 4. The van der Waals surface area contributed by atoms with Gasteiger partial charge in [-0.25, -0.2) is 4.39 Å². The van der Waals surface area contributed by atoms with Gasteiger partial charge >= 0.3 is 0 Å². The van der Waals surface area contributed by atoms with Gasteiger partial charge in [-0.2, -0.15) is 0 Å². The summed E-state index contributed by atoms with van der Waals surface area (Å²) in [5, 5.41) is 3.60. The molecule has 116 valence electrons. The Morgan fingerprint density at radius 2 is 2.00 bits per heavy atom. The standard InChI is InChI=1S/C17H25FN2O/c1-3-19-13-10-14-5-4-6-15(11-13)20(14)16-8-7-12(18)9-17(16)21-2/h7-9,13-15,19H,3-6,10-11H2,1-2H3. The first-order valence-corrected chi connectivity index (χ1v) is 8.08. The highest BCUT2D eigenvalue weighted by Gasteiger charge is 2.39. The maximum atomic E-state index is 13.4. The van der Waals surface area contributed by atoms with Crippen LogP contribution in [0.4, 0.5) is 10.1 Å². The summed E-state index contributed by atoms with van der Waals surface area (Å²) in [5.41, 5.74) is 1.06. The second kappa shape index (κ2) is 6.22. The molecule has 2 heterocycles. The molecule has 1 N–H and O–H groups in total. The lowest BCUT2D eigenvalue weighted by Crippen LogP contribution is -2.56. The first-order valence-electron chi connectivity index (χ1n) is 8.08. The molecule has 3 nitrogen and oxygen atoms in total. The maximum absolute atomic E-state index is 13.4. The van der Waals surface area contributed by atoms with Crippen LogP contribution in [0.25, 0.3) is 0 Å². The summed E-state index contributed by atoms with van der Waals surface area (Å²) in [4.78, 5) is 2.50. The molecule has 3 rings (SSSR count). The molecule has 0 amide bonds. The fourth-order valence-electron chi connectivity index (χ4n) is 4.09. The van der Waals surface area contributed by atoms with Crippen molar-refractivity contribution in [3.05, 3.63) is 24.0 Å². The predicted octanol–water partition coefficient (Wildman–Crippen LogP) is 3.33. The second-order valence-electron chi connectivity index (χ2n) is 6.19. The van der Waals surface area contributed by atoms with Crippen LogP contribution in [0, 0.1) is 5.82 Å². The first kappa shape index (κ1) is 14.6. The molecule has 21 heavy (non-hydrogen) atoms. The summed E-state index contributed by atoms with van der Waals surface area (Å²) < 4.78 is 18.9. The number of benzene rings is 1. The van der Waals surface area contributed by atoms with Crippen molar-refractivity contribution in [2.75, 3.05) is 18.6 Å². The SMILES string of the molecule is CCNC1CC2CCCC(C1)N2c1ccc(F)cc1OC. The van der Waals surface area contributed by atoms with E-state index < -0.39 is 0 Å². The average Bonchev–Trinajstić information content (AvgIpc) is 2.47. The molecule has 0 spiro atoms. The lowest BCUT2D eigenvalue weighted by Gasteiger charge is -2.50. The van der Waals surface area contributed by atoms with E-state index in [0.29, 0.717) is 23.9 Å². The van der Waals surface area contributed by atoms with Crippen LogP contribution in [0.5, 0.6) is 5.75 Å². The number of ether oxygens (including phenoxy) is 1. The van der Waals surface area contributed by atoms with Gasteiger partial charge in [-0.05, 0) is 50.8 Å². The highest BCUT2D eigenvalue weighted by Crippen LogP contribution is 2.41. The highest BCUT2D eigenvalue weighted by atomic mass is 19.1. The summed E-state index contributed by atoms with van der Waals surface area (Å²) in [6.45, 7) is 3.20. The molecule has 0 saturated carbocycles. The molecule has 0 radical (unpaired) electrons. The Morgan fingerprint density at radius 3 is 2.62 bits per heavy atom. The van der Waals surface area contributed by atoms with Crippen LogP contribution in [0.15, 0.2) is 18.2 Å². The summed E-state index contributed by atoms with van der Waals surface area (Å²) in [5.74, 6) is 0.428. The minimum absolute atomic E-state index is 0.233. The maximum Gasteiger partial charge on any atom is 0.145 e. The number of nitrogens with one attached hydrogen (secondary N) is 1. The predicted molar refractivity (Wildman–Crippen MR) is 83.6 cm³/mol. The van der Waals surface area contributed by atoms with E-state index in [9.17, 15) is 4.39 Å². The Bertz CT molecular complexity index is 480. The van der Waals surface area contributed by atoms with Crippen molar-refractivity contribution in [1.82, 2.24) is 5.32 Å². The Kier molecular flexibility index (Phi) is 4.34. The number of anilines is 1. The highest BCUT2D eigenvalue weighted by molar-refractivity contribution is 5.60. The molecule has 2 aliphatic rings. The van der Waals surface area contributed by atoms with Crippen molar-refractivity contribution in [2.45, 2.75) is 57.2 Å². The molecule has 2 unspecified atom stereocenters. The topological polar surface area (TPSA) is 24.5 Å². The van der Waals surface area contributed by atoms with Gasteiger partial charge in [0.15, 0.2) is 0 Å². The molecule has 2 atom stereocenters. The van der Waals surface area contributed by atoms with Crippen molar-refractivity contribution < 1.29 is 9.13 Å². The number of methoxy groups -OCH3 is 1. The van der Waals surface area contributed by atoms with Gasteiger partial charge in [-0.1, -0.05) is 6.92 Å². The summed E-state index contributed by atoms with van der Waals surface area (Å²) in [7, 11) is 1.62. The Labute approximate surface area is 126 Å². The van der Waals surface area contributed by atoms with E-state index in [1.807, 2.05) is 6.07 Å². The van der Waals surface area contributed by atoms with Gasteiger partial charge in [0.2, 0.25) is 0 Å². The number of piperidine rings is 2. The van der Waals surface area contributed by atoms with Gasteiger partial charge in [-0.3, -0.25) is 0 Å². The van der Waals surface area contributed by atoms with Crippen molar-refractivity contribution >= 4 is 5.69 Å². The van der Waals surface area contributed by atoms with E-state index in [0.717, 1.165) is 12.2 Å². The zero-order valence-electron chi connectivity index (χ0n) is 12.9. The number of halogens is 1. The zero-order chi connectivity index (χ0) is 14.8. The van der Waals surface area contributed by atoms with Crippen LogP contribution in [0.1, 0.15) is 39.0 Å².